The van der Waals surface area contributed by atoms with Crippen LogP contribution in [-0.4, -0.2) is 53.7 Å². The average Bonchev–Trinajstić information content (AvgIpc) is 3.46. The summed E-state index contributed by atoms with van der Waals surface area (Å²) >= 11 is 7.98. The number of carbonyl (C=O) groups is 2. The first-order valence-electron chi connectivity index (χ1n) is 14.1. The Labute approximate surface area is 259 Å². The lowest BCUT2D eigenvalue weighted by atomic mass is 9.86. The van der Waals surface area contributed by atoms with E-state index in [4.69, 9.17) is 27.2 Å². The number of likely N-dealkylation sites (tertiary alicyclic amines) is 1. The lowest BCUT2D eigenvalue weighted by Crippen LogP contribution is -2.61. The van der Waals surface area contributed by atoms with Gasteiger partial charge in [0.1, 0.15) is 17.1 Å². The van der Waals surface area contributed by atoms with Crippen LogP contribution in [0.2, 0.25) is 5.02 Å². The summed E-state index contributed by atoms with van der Waals surface area (Å²) in [5.74, 6) is -0.216. The third-order valence-electron chi connectivity index (χ3n) is 7.72. The molecular weight excluding hydrogens is 589 g/mol. The molecular formula is C33H33ClFN3O4S. The number of piperidine rings is 1. The predicted octanol–water partition coefficient (Wildman–Crippen LogP) is 5.89. The van der Waals surface area contributed by atoms with Gasteiger partial charge < -0.3 is 20.5 Å². The number of aliphatic hydroxyl groups excluding tert-OH is 1. The number of primary amides is 1. The van der Waals surface area contributed by atoms with E-state index in [0.29, 0.717) is 61.2 Å². The molecule has 4 aromatic rings. The number of hydrogen-bond donors (Lipinski definition) is 3. The van der Waals surface area contributed by atoms with E-state index in [2.05, 4.69) is 5.32 Å². The molecule has 2 heterocycles. The Morgan fingerprint density at radius 2 is 1.72 bits per heavy atom. The SMILES string of the molecule is NC(=O)C1(NCc2ccc(F)cc2)CCN(C(=O)c2cc(-c3ccc(OCCCO)cc3)c(-c3ccccc3Cl)s2)CC1. The maximum Gasteiger partial charge on any atom is 0.263 e. The number of ether oxygens (including phenoxy) is 1. The van der Waals surface area contributed by atoms with Crippen LogP contribution >= 0.6 is 22.9 Å². The van der Waals surface area contributed by atoms with Gasteiger partial charge in [0.2, 0.25) is 5.91 Å². The monoisotopic (exact) mass is 621 g/mol. The van der Waals surface area contributed by atoms with Crippen LogP contribution in [0.25, 0.3) is 21.6 Å². The summed E-state index contributed by atoms with van der Waals surface area (Å²) in [5, 5.41) is 12.9. The summed E-state index contributed by atoms with van der Waals surface area (Å²) in [6.45, 7) is 1.56. The normalized spacial score (nSPS) is 14.4. The second-order valence-electron chi connectivity index (χ2n) is 10.5. The highest BCUT2D eigenvalue weighted by atomic mass is 35.5. The van der Waals surface area contributed by atoms with Gasteiger partial charge in [-0.15, -0.1) is 11.3 Å². The minimum atomic E-state index is -0.963. The van der Waals surface area contributed by atoms with Gasteiger partial charge in [-0.2, -0.15) is 0 Å². The first kappa shape index (κ1) is 30.7. The van der Waals surface area contributed by atoms with Gasteiger partial charge >= 0.3 is 0 Å². The van der Waals surface area contributed by atoms with Gasteiger partial charge in [0.05, 0.1) is 11.5 Å². The van der Waals surface area contributed by atoms with Crippen molar-refractivity contribution < 1.29 is 23.8 Å². The zero-order chi connectivity index (χ0) is 30.4. The molecule has 43 heavy (non-hydrogen) atoms. The van der Waals surface area contributed by atoms with E-state index in [1.54, 1.807) is 17.0 Å². The molecule has 0 bridgehead atoms. The van der Waals surface area contributed by atoms with Crippen molar-refractivity contribution >= 4 is 34.8 Å². The van der Waals surface area contributed by atoms with Crippen LogP contribution < -0.4 is 15.8 Å². The minimum absolute atomic E-state index is 0.0675. The van der Waals surface area contributed by atoms with Gasteiger partial charge in [0, 0.05) is 53.7 Å². The Kier molecular flexibility index (Phi) is 9.77. The summed E-state index contributed by atoms with van der Waals surface area (Å²) in [6.07, 6.45) is 1.28. The largest absolute Gasteiger partial charge is 0.494 e. The average molecular weight is 622 g/mol. The van der Waals surface area contributed by atoms with Crippen LogP contribution in [0.4, 0.5) is 4.39 Å². The van der Waals surface area contributed by atoms with E-state index in [-0.39, 0.29) is 18.3 Å². The molecule has 7 nitrogen and oxygen atoms in total. The molecule has 1 aliphatic heterocycles. The summed E-state index contributed by atoms with van der Waals surface area (Å²) < 4.78 is 19.0. The van der Waals surface area contributed by atoms with Crippen LogP contribution in [0.3, 0.4) is 0 Å². The molecule has 3 aromatic carbocycles. The van der Waals surface area contributed by atoms with Gasteiger partial charge in [-0.1, -0.05) is 54.1 Å². The lowest BCUT2D eigenvalue weighted by molar-refractivity contribution is -0.126. The van der Waals surface area contributed by atoms with Crippen molar-refractivity contribution in [2.75, 3.05) is 26.3 Å². The number of nitrogens with one attached hydrogen (secondary N) is 1. The van der Waals surface area contributed by atoms with Crippen molar-refractivity contribution in [3.05, 3.63) is 100 Å². The minimum Gasteiger partial charge on any atom is -0.494 e. The summed E-state index contributed by atoms with van der Waals surface area (Å²) in [5.41, 5.74) is 8.34. The molecule has 0 unspecified atom stereocenters. The summed E-state index contributed by atoms with van der Waals surface area (Å²) in [6, 6.07) is 23.2. The molecule has 0 spiro atoms. The Morgan fingerprint density at radius 3 is 2.37 bits per heavy atom. The van der Waals surface area contributed by atoms with Crippen LogP contribution in [0, 0.1) is 5.82 Å². The molecule has 1 aromatic heterocycles. The van der Waals surface area contributed by atoms with E-state index >= 15 is 0 Å². The van der Waals surface area contributed by atoms with Crippen LogP contribution in [-0.2, 0) is 11.3 Å². The van der Waals surface area contributed by atoms with Crippen molar-refractivity contribution in [3.8, 4) is 27.3 Å². The van der Waals surface area contributed by atoms with E-state index < -0.39 is 11.4 Å². The molecule has 224 valence electrons. The fraction of sp³-hybridized carbons (Fsp3) is 0.273. The smallest absolute Gasteiger partial charge is 0.263 e. The predicted molar refractivity (Wildman–Crippen MR) is 168 cm³/mol. The Morgan fingerprint density at radius 1 is 1.02 bits per heavy atom. The van der Waals surface area contributed by atoms with E-state index in [9.17, 15) is 14.0 Å². The van der Waals surface area contributed by atoms with Crippen molar-refractivity contribution in [1.29, 1.82) is 0 Å². The number of benzene rings is 3. The number of nitrogens with zero attached hydrogens (tertiary/aromatic N) is 1. The van der Waals surface area contributed by atoms with Crippen LogP contribution in [0.15, 0.2) is 78.9 Å². The van der Waals surface area contributed by atoms with Crippen LogP contribution in [0.1, 0.15) is 34.5 Å². The van der Waals surface area contributed by atoms with Crippen molar-refractivity contribution in [3.63, 3.8) is 0 Å². The summed E-state index contributed by atoms with van der Waals surface area (Å²) in [4.78, 5) is 29.6. The molecule has 1 aliphatic rings. The third kappa shape index (κ3) is 7.08. The number of halogens is 2. The first-order valence-corrected chi connectivity index (χ1v) is 15.3. The van der Waals surface area contributed by atoms with Crippen molar-refractivity contribution in [1.82, 2.24) is 10.2 Å². The lowest BCUT2D eigenvalue weighted by Gasteiger charge is -2.40. The number of thiophene rings is 1. The fourth-order valence-electron chi connectivity index (χ4n) is 5.17. The number of amides is 2. The van der Waals surface area contributed by atoms with Crippen molar-refractivity contribution in [2.24, 2.45) is 5.73 Å². The quantitative estimate of drug-likeness (QED) is 0.181. The molecule has 10 heteroatoms. The van der Waals surface area contributed by atoms with Crippen molar-refractivity contribution in [2.45, 2.75) is 31.3 Å². The molecule has 0 aliphatic carbocycles. The standard InChI is InChI=1S/C33H33ClFN3O4S/c34-28-5-2-1-4-26(28)30-27(23-8-12-25(13-9-23)42-19-3-18-39)20-29(43-30)31(40)38-16-14-33(15-17-38,32(36)41)37-21-22-6-10-24(35)11-7-22/h1-2,4-13,20,37,39H,3,14-19,21H2,(H2,36,41). The van der Waals surface area contributed by atoms with Gasteiger partial charge in [0.25, 0.3) is 5.91 Å². The van der Waals surface area contributed by atoms with Gasteiger partial charge in [-0.05, 0) is 60.4 Å². The number of carbonyl (C=O) groups excluding carboxylic acids is 2. The maximum atomic E-state index is 13.8. The van der Waals surface area contributed by atoms with Gasteiger partial charge in [-0.25, -0.2) is 4.39 Å². The molecule has 4 N–H and O–H groups in total. The highest BCUT2D eigenvalue weighted by Crippen LogP contribution is 2.43. The van der Waals surface area contributed by atoms with E-state index in [0.717, 1.165) is 27.1 Å². The number of rotatable bonds is 11. The Bertz CT molecular complexity index is 1570. The molecule has 5 rings (SSSR count). The van der Waals surface area contributed by atoms with E-state index in [1.807, 2.05) is 54.6 Å². The zero-order valence-electron chi connectivity index (χ0n) is 23.5. The first-order chi connectivity index (χ1) is 20.8. The molecule has 1 fully saturated rings. The van der Waals surface area contributed by atoms with Gasteiger partial charge in [-0.3, -0.25) is 14.9 Å². The zero-order valence-corrected chi connectivity index (χ0v) is 25.1. The highest BCUT2D eigenvalue weighted by Gasteiger charge is 2.41. The van der Waals surface area contributed by atoms with Crippen LogP contribution in [0.5, 0.6) is 5.75 Å². The molecule has 0 saturated carbocycles. The molecule has 1 saturated heterocycles. The molecule has 0 atom stereocenters. The molecule has 0 radical (unpaired) electrons. The Hall–Kier alpha value is -3.76. The summed E-state index contributed by atoms with van der Waals surface area (Å²) in [7, 11) is 0. The second-order valence-corrected chi connectivity index (χ2v) is 12.0. The number of aliphatic hydroxyl groups is 1. The second kappa shape index (κ2) is 13.7. The maximum absolute atomic E-state index is 13.8. The third-order valence-corrected chi connectivity index (χ3v) is 9.20. The topological polar surface area (TPSA) is 105 Å². The van der Waals surface area contributed by atoms with Gasteiger partial charge in [0.15, 0.2) is 0 Å². The highest BCUT2D eigenvalue weighted by molar-refractivity contribution is 7.18. The fourth-order valence-corrected chi connectivity index (χ4v) is 6.65. The number of nitrogens with two attached hydrogens (primary N) is 1. The van der Waals surface area contributed by atoms with E-state index in [1.165, 1.54) is 23.5 Å². The Balaban J connectivity index is 1.35. The number of hydrogen-bond acceptors (Lipinski definition) is 6. The molecule has 2 amide bonds.